The van der Waals surface area contributed by atoms with Gasteiger partial charge < -0.3 is 0 Å². The third kappa shape index (κ3) is 4.02. The maximum atomic E-state index is 12.0. The zero-order valence-electron chi connectivity index (χ0n) is 10.3. The summed E-state index contributed by atoms with van der Waals surface area (Å²) in [4.78, 5) is 4.07. The molecule has 17 heavy (non-hydrogen) atoms. The Balaban J connectivity index is 2.88. The van der Waals surface area contributed by atoms with Gasteiger partial charge in [-0.2, -0.15) is 0 Å². The molecule has 0 bridgehead atoms. The van der Waals surface area contributed by atoms with Gasteiger partial charge in [-0.1, -0.05) is 11.6 Å². The minimum Gasteiger partial charge on any atom is -0.263 e. The lowest BCUT2D eigenvalue weighted by Gasteiger charge is -2.22. The Morgan fingerprint density at radius 1 is 1.47 bits per heavy atom. The van der Waals surface area contributed by atoms with Crippen LogP contribution < -0.4 is 4.72 Å². The van der Waals surface area contributed by atoms with Crippen LogP contribution in [0.15, 0.2) is 16.9 Å². The van der Waals surface area contributed by atoms with Crippen LogP contribution in [0.5, 0.6) is 0 Å². The van der Waals surface area contributed by atoms with E-state index in [0.717, 1.165) is 10.0 Å². The summed E-state index contributed by atoms with van der Waals surface area (Å²) in [5.41, 5.74) is 0.832. The van der Waals surface area contributed by atoms with Crippen LogP contribution in [0.25, 0.3) is 0 Å². The van der Waals surface area contributed by atoms with Gasteiger partial charge in [-0.25, -0.2) is 8.93 Å². The van der Waals surface area contributed by atoms with Crippen LogP contribution in [0.1, 0.15) is 39.3 Å². The first-order valence-corrected chi connectivity index (χ1v) is 7.52. The van der Waals surface area contributed by atoms with Crippen LogP contribution in [0, 0.1) is 0 Å². The monoisotopic (exact) mass is 338 g/mol. The SMILES string of the molecule is CC(N[S@@](=O)C(C)(C)C)c1cncc(Br)c1Cl. The molecule has 0 aliphatic heterocycles. The first-order chi connectivity index (χ1) is 7.73. The summed E-state index contributed by atoms with van der Waals surface area (Å²) in [6.45, 7) is 7.68. The first kappa shape index (κ1) is 15.1. The van der Waals surface area contributed by atoms with Gasteiger partial charge in [0.2, 0.25) is 0 Å². The van der Waals surface area contributed by atoms with E-state index in [1.165, 1.54) is 0 Å². The molecule has 1 unspecified atom stereocenters. The van der Waals surface area contributed by atoms with Gasteiger partial charge in [-0.3, -0.25) is 4.98 Å². The van der Waals surface area contributed by atoms with Crippen LogP contribution in [0.4, 0.5) is 0 Å². The number of aromatic nitrogens is 1. The van der Waals surface area contributed by atoms with Crippen LogP contribution in [0.2, 0.25) is 5.02 Å². The average Bonchev–Trinajstić information content (AvgIpc) is 2.20. The smallest absolute Gasteiger partial charge is 0.0975 e. The Bertz CT molecular complexity index is 434. The third-order valence-corrected chi connectivity index (χ3v) is 5.10. The summed E-state index contributed by atoms with van der Waals surface area (Å²) in [7, 11) is -1.13. The number of halogens is 2. The van der Waals surface area contributed by atoms with E-state index in [2.05, 4.69) is 25.6 Å². The Morgan fingerprint density at radius 3 is 2.59 bits per heavy atom. The van der Waals surface area contributed by atoms with E-state index < -0.39 is 11.0 Å². The Hall–Kier alpha value is 0.0300. The van der Waals surface area contributed by atoms with Crippen LogP contribution in [-0.2, 0) is 11.0 Å². The number of rotatable bonds is 3. The lowest BCUT2D eigenvalue weighted by molar-refractivity contribution is 0.615. The molecule has 0 saturated carbocycles. The molecule has 0 radical (unpaired) electrons. The van der Waals surface area contributed by atoms with E-state index in [1.54, 1.807) is 12.4 Å². The molecule has 1 rings (SSSR count). The topological polar surface area (TPSA) is 42.0 Å². The fraction of sp³-hybridized carbons (Fsp3) is 0.545. The zero-order valence-corrected chi connectivity index (χ0v) is 13.4. The van der Waals surface area contributed by atoms with Gasteiger partial charge in [0.25, 0.3) is 0 Å². The van der Waals surface area contributed by atoms with E-state index in [0.29, 0.717) is 5.02 Å². The standard InChI is InChI=1S/C11H16BrClN2OS/c1-7(15-17(16)11(2,3)4)8-5-14-6-9(12)10(8)13/h5-7,15H,1-4H3/t7?,17-/m0/s1. The van der Waals surface area contributed by atoms with Crippen molar-refractivity contribution in [3.05, 3.63) is 27.5 Å². The molecule has 0 aliphatic rings. The Kier molecular flexibility index (Phi) is 5.13. The Labute approximate surface area is 118 Å². The number of nitrogens with zero attached hydrogens (tertiary/aromatic N) is 1. The highest BCUT2D eigenvalue weighted by atomic mass is 79.9. The highest BCUT2D eigenvalue weighted by molar-refractivity contribution is 9.10. The molecular weight excluding hydrogens is 324 g/mol. The van der Waals surface area contributed by atoms with Crippen LogP contribution in [-0.4, -0.2) is 13.9 Å². The molecule has 0 aliphatic carbocycles. The molecular formula is C11H16BrClN2OS. The Morgan fingerprint density at radius 2 is 2.06 bits per heavy atom. The maximum absolute atomic E-state index is 12.0. The van der Waals surface area contributed by atoms with Gasteiger partial charge >= 0.3 is 0 Å². The molecule has 1 heterocycles. The molecule has 6 heteroatoms. The molecule has 0 fully saturated rings. The summed E-state index contributed by atoms with van der Waals surface area (Å²) in [6, 6.07) is -0.118. The van der Waals surface area contributed by atoms with Crippen molar-refractivity contribution in [2.24, 2.45) is 0 Å². The predicted molar refractivity (Wildman–Crippen MR) is 76.4 cm³/mol. The summed E-state index contributed by atoms with van der Waals surface area (Å²) in [6.07, 6.45) is 3.32. The zero-order chi connectivity index (χ0) is 13.2. The fourth-order valence-corrected chi connectivity index (χ4v) is 2.55. The minimum absolute atomic E-state index is 0.118. The second-order valence-electron chi connectivity index (χ2n) is 4.75. The average molecular weight is 340 g/mol. The lowest BCUT2D eigenvalue weighted by Crippen LogP contribution is -2.34. The molecule has 1 aromatic heterocycles. The van der Waals surface area contributed by atoms with Crippen molar-refractivity contribution in [1.29, 1.82) is 0 Å². The second-order valence-corrected chi connectivity index (χ2v) is 7.98. The molecule has 0 spiro atoms. The molecule has 96 valence electrons. The fourth-order valence-electron chi connectivity index (χ4n) is 1.14. The largest absolute Gasteiger partial charge is 0.263 e. The highest BCUT2D eigenvalue weighted by Gasteiger charge is 2.23. The van der Waals surface area contributed by atoms with E-state index in [-0.39, 0.29) is 10.8 Å². The van der Waals surface area contributed by atoms with Crippen molar-refractivity contribution in [2.45, 2.75) is 38.5 Å². The van der Waals surface area contributed by atoms with Crippen LogP contribution >= 0.6 is 27.5 Å². The quantitative estimate of drug-likeness (QED) is 0.914. The first-order valence-electron chi connectivity index (χ1n) is 5.20. The molecule has 2 atom stereocenters. The molecule has 1 aromatic rings. The maximum Gasteiger partial charge on any atom is 0.0975 e. The van der Waals surface area contributed by atoms with Gasteiger partial charge in [0, 0.05) is 24.0 Å². The van der Waals surface area contributed by atoms with Crippen molar-refractivity contribution < 1.29 is 4.21 Å². The molecule has 0 aromatic carbocycles. The van der Waals surface area contributed by atoms with Crippen molar-refractivity contribution in [3.8, 4) is 0 Å². The van der Waals surface area contributed by atoms with Gasteiger partial charge in [-0.05, 0) is 43.6 Å². The van der Waals surface area contributed by atoms with E-state index in [1.807, 2.05) is 27.7 Å². The van der Waals surface area contributed by atoms with E-state index in [4.69, 9.17) is 11.6 Å². The number of hydrogen-bond acceptors (Lipinski definition) is 2. The highest BCUT2D eigenvalue weighted by Crippen LogP contribution is 2.29. The summed E-state index contributed by atoms with van der Waals surface area (Å²) in [5, 5.41) is 0.603. The van der Waals surface area contributed by atoms with E-state index >= 15 is 0 Å². The van der Waals surface area contributed by atoms with Crippen LogP contribution in [0.3, 0.4) is 0 Å². The van der Waals surface area contributed by atoms with Crippen molar-refractivity contribution >= 4 is 38.5 Å². The summed E-state index contributed by atoms with van der Waals surface area (Å²) in [5.74, 6) is 0. The normalized spacial score (nSPS) is 15.6. The molecule has 0 amide bonds. The number of hydrogen-bond donors (Lipinski definition) is 1. The van der Waals surface area contributed by atoms with Crippen molar-refractivity contribution in [3.63, 3.8) is 0 Å². The van der Waals surface area contributed by atoms with Gasteiger partial charge in [-0.15, -0.1) is 0 Å². The van der Waals surface area contributed by atoms with Gasteiger partial charge in [0.1, 0.15) is 0 Å². The molecule has 1 N–H and O–H groups in total. The van der Waals surface area contributed by atoms with Crippen molar-refractivity contribution in [2.75, 3.05) is 0 Å². The minimum atomic E-state index is -1.13. The van der Waals surface area contributed by atoms with Crippen molar-refractivity contribution in [1.82, 2.24) is 9.71 Å². The number of nitrogens with one attached hydrogen (secondary N) is 1. The summed E-state index contributed by atoms with van der Waals surface area (Å²) < 4.78 is 15.4. The second kappa shape index (κ2) is 5.78. The van der Waals surface area contributed by atoms with E-state index in [9.17, 15) is 4.21 Å². The lowest BCUT2D eigenvalue weighted by atomic mass is 10.2. The number of pyridine rings is 1. The molecule has 3 nitrogen and oxygen atoms in total. The van der Waals surface area contributed by atoms with Gasteiger partial charge in [0.05, 0.1) is 25.2 Å². The van der Waals surface area contributed by atoms with Gasteiger partial charge in [0.15, 0.2) is 0 Å². The third-order valence-electron chi connectivity index (χ3n) is 2.17. The molecule has 0 saturated heterocycles. The predicted octanol–water partition coefficient (Wildman–Crippen LogP) is 3.61. The summed E-state index contributed by atoms with van der Waals surface area (Å²) >= 11 is 9.48.